The summed E-state index contributed by atoms with van der Waals surface area (Å²) < 4.78 is 16.1. The molecule has 0 saturated carbocycles. The second kappa shape index (κ2) is 9.95. The molecule has 22 heavy (non-hydrogen) atoms. The van der Waals surface area contributed by atoms with Crippen molar-refractivity contribution in [2.24, 2.45) is 0 Å². The molecule has 0 atom stereocenters. The quantitative estimate of drug-likeness (QED) is 0.686. The molecule has 0 fully saturated rings. The molecular weight excluding hydrogens is 280 g/mol. The monoisotopic (exact) mass is 302 g/mol. The molecule has 2 rings (SSSR count). The van der Waals surface area contributed by atoms with Gasteiger partial charge in [0, 0.05) is 0 Å². The van der Waals surface area contributed by atoms with Gasteiger partial charge in [-0.3, -0.25) is 0 Å². The van der Waals surface area contributed by atoms with E-state index in [-0.39, 0.29) is 6.61 Å². The first-order valence-corrected chi connectivity index (χ1v) is 7.45. The van der Waals surface area contributed by atoms with Gasteiger partial charge in [-0.05, 0) is 23.3 Å². The molecule has 4 heteroatoms. The van der Waals surface area contributed by atoms with Gasteiger partial charge in [-0.25, -0.2) is 0 Å². The van der Waals surface area contributed by atoms with Crippen LogP contribution in [-0.2, 0) is 9.47 Å². The number of aliphatic hydroxyl groups excluding tert-OH is 1. The number of ether oxygens (including phenoxy) is 3. The Morgan fingerprint density at radius 3 is 1.91 bits per heavy atom. The highest BCUT2D eigenvalue weighted by Gasteiger charge is 1.98. The van der Waals surface area contributed by atoms with E-state index >= 15 is 0 Å². The summed E-state index contributed by atoms with van der Waals surface area (Å²) in [6.07, 6.45) is 0. The first kappa shape index (κ1) is 16.5. The molecule has 0 amide bonds. The fourth-order valence-corrected chi connectivity index (χ4v) is 1.98. The smallest absolute Gasteiger partial charge is 0.119 e. The molecule has 0 unspecified atom stereocenters. The van der Waals surface area contributed by atoms with Crippen LogP contribution in [0.3, 0.4) is 0 Å². The number of hydrogen-bond acceptors (Lipinski definition) is 4. The van der Waals surface area contributed by atoms with Crippen LogP contribution in [0.5, 0.6) is 5.75 Å². The van der Waals surface area contributed by atoms with Gasteiger partial charge in [0.1, 0.15) is 12.4 Å². The van der Waals surface area contributed by atoms with Crippen LogP contribution in [0.15, 0.2) is 54.6 Å². The van der Waals surface area contributed by atoms with E-state index in [2.05, 4.69) is 12.1 Å². The molecule has 0 aliphatic carbocycles. The van der Waals surface area contributed by atoms with Crippen LogP contribution in [0.2, 0.25) is 0 Å². The molecule has 4 nitrogen and oxygen atoms in total. The summed E-state index contributed by atoms with van der Waals surface area (Å²) >= 11 is 0. The van der Waals surface area contributed by atoms with E-state index in [4.69, 9.17) is 19.3 Å². The average molecular weight is 302 g/mol. The number of aliphatic hydroxyl groups is 1. The Balaban J connectivity index is 1.65. The zero-order valence-electron chi connectivity index (χ0n) is 12.6. The Morgan fingerprint density at radius 2 is 1.23 bits per heavy atom. The summed E-state index contributed by atoms with van der Waals surface area (Å²) in [5.74, 6) is 0.833. The van der Waals surface area contributed by atoms with E-state index in [1.54, 1.807) is 0 Å². The Bertz CT molecular complexity index is 510. The summed E-state index contributed by atoms with van der Waals surface area (Å²) in [6, 6.07) is 18.3. The highest BCUT2D eigenvalue weighted by Crippen LogP contribution is 2.21. The van der Waals surface area contributed by atoms with Crippen LogP contribution in [-0.4, -0.2) is 44.7 Å². The SMILES string of the molecule is OCCOCCOCCOc1ccc(-c2ccccc2)cc1. The maximum atomic E-state index is 8.54. The van der Waals surface area contributed by atoms with Crippen molar-refractivity contribution in [3.8, 4) is 16.9 Å². The summed E-state index contributed by atoms with van der Waals surface area (Å²) in [7, 11) is 0. The van der Waals surface area contributed by atoms with E-state index in [9.17, 15) is 0 Å². The molecule has 0 spiro atoms. The molecule has 2 aromatic carbocycles. The van der Waals surface area contributed by atoms with Crippen LogP contribution in [0.25, 0.3) is 11.1 Å². The summed E-state index contributed by atoms with van der Waals surface area (Å²) in [5.41, 5.74) is 2.37. The van der Waals surface area contributed by atoms with Gasteiger partial charge in [0.2, 0.25) is 0 Å². The lowest BCUT2D eigenvalue weighted by molar-refractivity contribution is 0.0247. The maximum Gasteiger partial charge on any atom is 0.119 e. The highest BCUT2D eigenvalue weighted by molar-refractivity contribution is 5.63. The minimum absolute atomic E-state index is 0.0437. The van der Waals surface area contributed by atoms with E-state index < -0.39 is 0 Å². The fraction of sp³-hybridized carbons (Fsp3) is 0.333. The largest absolute Gasteiger partial charge is 0.491 e. The molecule has 0 aliphatic rings. The maximum absolute atomic E-state index is 8.54. The van der Waals surface area contributed by atoms with Crippen LogP contribution < -0.4 is 4.74 Å². The third kappa shape index (κ3) is 5.85. The van der Waals surface area contributed by atoms with Gasteiger partial charge in [-0.1, -0.05) is 42.5 Å². The molecule has 1 N–H and O–H groups in total. The summed E-state index contributed by atoms with van der Waals surface area (Å²) in [6.45, 7) is 2.42. The Kier molecular flexibility index (Phi) is 7.46. The Labute approximate surface area is 131 Å². The van der Waals surface area contributed by atoms with Gasteiger partial charge in [-0.15, -0.1) is 0 Å². The van der Waals surface area contributed by atoms with E-state index in [1.807, 2.05) is 42.5 Å². The lowest BCUT2D eigenvalue weighted by atomic mass is 10.1. The molecule has 0 aromatic heterocycles. The minimum Gasteiger partial charge on any atom is -0.491 e. The lowest BCUT2D eigenvalue weighted by Crippen LogP contribution is -2.11. The topological polar surface area (TPSA) is 47.9 Å². The van der Waals surface area contributed by atoms with Crippen molar-refractivity contribution in [3.05, 3.63) is 54.6 Å². The van der Waals surface area contributed by atoms with Crippen molar-refractivity contribution in [2.75, 3.05) is 39.6 Å². The molecule has 0 saturated heterocycles. The molecule has 118 valence electrons. The van der Waals surface area contributed by atoms with Gasteiger partial charge in [-0.2, -0.15) is 0 Å². The van der Waals surface area contributed by atoms with Gasteiger partial charge >= 0.3 is 0 Å². The van der Waals surface area contributed by atoms with Crippen LogP contribution in [0.1, 0.15) is 0 Å². The number of hydrogen-bond donors (Lipinski definition) is 1. The number of benzene rings is 2. The predicted molar refractivity (Wildman–Crippen MR) is 86.1 cm³/mol. The van der Waals surface area contributed by atoms with Gasteiger partial charge in [0.25, 0.3) is 0 Å². The second-order valence-corrected chi connectivity index (χ2v) is 4.69. The fourth-order valence-electron chi connectivity index (χ4n) is 1.98. The number of rotatable bonds is 10. The summed E-state index contributed by atoms with van der Waals surface area (Å²) in [5, 5.41) is 8.54. The van der Waals surface area contributed by atoms with E-state index in [0.29, 0.717) is 33.0 Å². The standard InChI is InChI=1S/C18H22O4/c19-10-11-20-12-13-21-14-15-22-18-8-6-17(7-9-18)16-4-2-1-3-5-16/h1-9,19H,10-15H2. The van der Waals surface area contributed by atoms with Crippen LogP contribution in [0, 0.1) is 0 Å². The highest BCUT2D eigenvalue weighted by atomic mass is 16.5. The first-order chi connectivity index (χ1) is 10.9. The van der Waals surface area contributed by atoms with E-state index in [0.717, 1.165) is 5.75 Å². The second-order valence-electron chi connectivity index (χ2n) is 4.69. The molecule has 0 aliphatic heterocycles. The molecule has 0 bridgehead atoms. The van der Waals surface area contributed by atoms with Crippen molar-refractivity contribution >= 4 is 0 Å². The normalized spacial score (nSPS) is 10.6. The summed E-state index contributed by atoms with van der Waals surface area (Å²) in [4.78, 5) is 0. The zero-order chi connectivity index (χ0) is 15.5. The molecular formula is C18H22O4. The van der Waals surface area contributed by atoms with E-state index in [1.165, 1.54) is 11.1 Å². The minimum atomic E-state index is 0.0437. The predicted octanol–water partition coefficient (Wildman–Crippen LogP) is 2.76. The third-order valence-electron chi connectivity index (χ3n) is 3.07. The third-order valence-corrected chi connectivity index (χ3v) is 3.07. The van der Waals surface area contributed by atoms with Gasteiger partial charge < -0.3 is 19.3 Å². The Hall–Kier alpha value is -1.88. The van der Waals surface area contributed by atoms with Crippen molar-refractivity contribution in [3.63, 3.8) is 0 Å². The van der Waals surface area contributed by atoms with Crippen molar-refractivity contribution in [1.29, 1.82) is 0 Å². The average Bonchev–Trinajstić information content (AvgIpc) is 2.59. The van der Waals surface area contributed by atoms with Crippen molar-refractivity contribution in [1.82, 2.24) is 0 Å². The van der Waals surface area contributed by atoms with Crippen LogP contribution >= 0.6 is 0 Å². The van der Waals surface area contributed by atoms with Gasteiger partial charge in [0.15, 0.2) is 0 Å². The molecule has 0 radical (unpaired) electrons. The molecule has 0 heterocycles. The van der Waals surface area contributed by atoms with Crippen molar-refractivity contribution < 1.29 is 19.3 Å². The van der Waals surface area contributed by atoms with Crippen molar-refractivity contribution in [2.45, 2.75) is 0 Å². The lowest BCUT2D eigenvalue weighted by Gasteiger charge is -2.08. The first-order valence-electron chi connectivity index (χ1n) is 7.45. The zero-order valence-corrected chi connectivity index (χ0v) is 12.6. The van der Waals surface area contributed by atoms with Gasteiger partial charge in [0.05, 0.1) is 33.0 Å². The van der Waals surface area contributed by atoms with Crippen LogP contribution in [0.4, 0.5) is 0 Å². The Morgan fingerprint density at radius 1 is 0.636 bits per heavy atom. The molecule has 2 aromatic rings.